The van der Waals surface area contributed by atoms with Crippen LogP contribution in [-0.2, 0) is 12.0 Å². The standard InChI is InChI=1S/C17H24N4O/c1-11-6-7-13(8-12(11)2)10-21-14(16(22)19-18)9-15(20-21)17(3,4)5/h6-9H,10,18H2,1-5H3,(H,19,22). The van der Waals surface area contributed by atoms with Crippen molar-refractivity contribution in [2.75, 3.05) is 0 Å². The molecule has 0 aliphatic rings. The second-order valence-electron chi connectivity index (χ2n) is 6.71. The number of nitrogen functional groups attached to an aromatic ring is 1. The minimum absolute atomic E-state index is 0.127. The van der Waals surface area contributed by atoms with Crippen molar-refractivity contribution in [3.8, 4) is 0 Å². The molecule has 0 spiro atoms. The van der Waals surface area contributed by atoms with Gasteiger partial charge in [0, 0.05) is 5.41 Å². The number of benzene rings is 1. The molecule has 2 aromatic rings. The Kier molecular flexibility index (Phi) is 4.37. The van der Waals surface area contributed by atoms with Gasteiger partial charge in [-0.25, -0.2) is 5.84 Å². The first-order valence-electron chi connectivity index (χ1n) is 7.38. The van der Waals surface area contributed by atoms with Gasteiger partial charge in [0.15, 0.2) is 0 Å². The fourth-order valence-electron chi connectivity index (χ4n) is 2.24. The molecule has 0 fully saturated rings. The number of carbonyl (C=O) groups is 1. The van der Waals surface area contributed by atoms with E-state index in [1.165, 1.54) is 11.1 Å². The highest BCUT2D eigenvalue weighted by Gasteiger charge is 2.22. The van der Waals surface area contributed by atoms with Gasteiger partial charge in [-0.2, -0.15) is 5.10 Å². The smallest absolute Gasteiger partial charge is 0.283 e. The number of nitrogens with two attached hydrogens (primary N) is 1. The van der Waals surface area contributed by atoms with Crippen molar-refractivity contribution in [1.82, 2.24) is 15.2 Å². The summed E-state index contributed by atoms with van der Waals surface area (Å²) in [5, 5.41) is 4.60. The Balaban J connectivity index is 2.42. The van der Waals surface area contributed by atoms with Crippen LogP contribution in [0.2, 0.25) is 0 Å². The lowest BCUT2D eigenvalue weighted by molar-refractivity contribution is 0.0943. The number of amides is 1. The molecule has 1 amide bonds. The third-order valence-electron chi connectivity index (χ3n) is 3.82. The Morgan fingerprint density at radius 3 is 2.45 bits per heavy atom. The van der Waals surface area contributed by atoms with Crippen LogP contribution in [-0.4, -0.2) is 15.7 Å². The molecule has 0 radical (unpaired) electrons. The number of carbonyl (C=O) groups excluding carboxylic acids is 1. The third-order valence-corrected chi connectivity index (χ3v) is 3.82. The maximum atomic E-state index is 12.0. The maximum absolute atomic E-state index is 12.0. The molecule has 5 heteroatoms. The van der Waals surface area contributed by atoms with E-state index in [1.807, 2.05) is 6.07 Å². The van der Waals surface area contributed by atoms with Gasteiger partial charge in [-0.3, -0.25) is 14.9 Å². The molecule has 0 bridgehead atoms. The predicted octanol–water partition coefficient (Wildman–Crippen LogP) is 2.45. The van der Waals surface area contributed by atoms with E-state index in [0.29, 0.717) is 12.2 Å². The molecule has 1 heterocycles. The Morgan fingerprint density at radius 2 is 1.91 bits per heavy atom. The van der Waals surface area contributed by atoms with Crippen molar-refractivity contribution >= 4 is 5.91 Å². The number of hydrogen-bond acceptors (Lipinski definition) is 3. The van der Waals surface area contributed by atoms with E-state index in [0.717, 1.165) is 11.3 Å². The molecule has 3 N–H and O–H groups in total. The van der Waals surface area contributed by atoms with Crippen LogP contribution in [0.3, 0.4) is 0 Å². The van der Waals surface area contributed by atoms with Crippen molar-refractivity contribution in [2.24, 2.45) is 5.84 Å². The highest BCUT2D eigenvalue weighted by molar-refractivity contribution is 5.92. The highest BCUT2D eigenvalue weighted by Crippen LogP contribution is 2.22. The molecule has 2 rings (SSSR count). The fourth-order valence-corrected chi connectivity index (χ4v) is 2.24. The lowest BCUT2D eigenvalue weighted by Gasteiger charge is -2.14. The molecule has 0 aliphatic heterocycles. The minimum atomic E-state index is -0.327. The average molecular weight is 300 g/mol. The molecule has 22 heavy (non-hydrogen) atoms. The van der Waals surface area contributed by atoms with Crippen molar-refractivity contribution in [1.29, 1.82) is 0 Å². The van der Waals surface area contributed by atoms with Gasteiger partial charge in [-0.05, 0) is 36.6 Å². The first-order valence-corrected chi connectivity index (χ1v) is 7.38. The number of aryl methyl sites for hydroxylation is 2. The number of aromatic nitrogens is 2. The van der Waals surface area contributed by atoms with Gasteiger partial charge in [-0.1, -0.05) is 39.0 Å². The molecule has 118 valence electrons. The second-order valence-corrected chi connectivity index (χ2v) is 6.71. The molecule has 0 saturated carbocycles. The number of hydrazine groups is 1. The zero-order valence-electron chi connectivity index (χ0n) is 13.9. The van der Waals surface area contributed by atoms with Gasteiger partial charge in [-0.15, -0.1) is 0 Å². The number of nitrogens with zero attached hydrogens (tertiary/aromatic N) is 2. The molecule has 5 nitrogen and oxygen atoms in total. The van der Waals surface area contributed by atoms with Crippen LogP contribution in [0, 0.1) is 13.8 Å². The number of nitrogens with one attached hydrogen (secondary N) is 1. The van der Waals surface area contributed by atoms with Crippen LogP contribution in [0.15, 0.2) is 24.3 Å². The van der Waals surface area contributed by atoms with Crippen molar-refractivity contribution in [3.05, 3.63) is 52.3 Å². The fraction of sp³-hybridized carbons (Fsp3) is 0.412. The second kappa shape index (κ2) is 5.93. The van der Waals surface area contributed by atoms with Crippen molar-refractivity contribution in [2.45, 2.75) is 46.6 Å². The molecule has 0 unspecified atom stereocenters. The molecule has 0 saturated heterocycles. The Hall–Kier alpha value is -2.14. The van der Waals surface area contributed by atoms with Gasteiger partial charge in [0.25, 0.3) is 5.91 Å². The lowest BCUT2D eigenvalue weighted by atomic mass is 9.92. The van der Waals surface area contributed by atoms with Gasteiger partial charge in [0.1, 0.15) is 5.69 Å². The molecule has 0 atom stereocenters. The van der Waals surface area contributed by atoms with Crippen LogP contribution in [0.4, 0.5) is 0 Å². The number of rotatable bonds is 3. The largest absolute Gasteiger partial charge is 0.289 e. The van der Waals surface area contributed by atoms with E-state index in [2.05, 4.69) is 63.3 Å². The van der Waals surface area contributed by atoms with E-state index >= 15 is 0 Å². The Labute approximate surface area is 131 Å². The Morgan fingerprint density at radius 1 is 1.23 bits per heavy atom. The van der Waals surface area contributed by atoms with Crippen LogP contribution < -0.4 is 11.3 Å². The van der Waals surface area contributed by atoms with E-state index in [1.54, 1.807) is 4.68 Å². The van der Waals surface area contributed by atoms with E-state index in [-0.39, 0.29) is 11.3 Å². The summed E-state index contributed by atoms with van der Waals surface area (Å²) in [6.45, 7) is 10.9. The van der Waals surface area contributed by atoms with E-state index < -0.39 is 0 Å². The maximum Gasteiger partial charge on any atom is 0.283 e. The minimum Gasteiger partial charge on any atom is -0.289 e. The summed E-state index contributed by atoms with van der Waals surface area (Å²) >= 11 is 0. The third kappa shape index (κ3) is 3.36. The Bertz CT molecular complexity index is 695. The van der Waals surface area contributed by atoms with Crippen LogP contribution in [0.1, 0.15) is 53.6 Å². The highest BCUT2D eigenvalue weighted by atomic mass is 16.2. The summed E-state index contributed by atoms with van der Waals surface area (Å²) < 4.78 is 1.72. The summed E-state index contributed by atoms with van der Waals surface area (Å²) in [7, 11) is 0. The molecule has 0 aliphatic carbocycles. The SMILES string of the molecule is Cc1ccc(Cn2nc(C(C)(C)C)cc2C(=O)NN)cc1C. The van der Waals surface area contributed by atoms with E-state index in [4.69, 9.17) is 5.84 Å². The first kappa shape index (κ1) is 16.2. The van der Waals surface area contributed by atoms with E-state index in [9.17, 15) is 4.79 Å². The zero-order valence-corrected chi connectivity index (χ0v) is 13.9. The van der Waals surface area contributed by atoms with Gasteiger partial charge in [0.05, 0.1) is 12.2 Å². The van der Waals surface area contributed by atoms with Gasteiger partial charge in [0.2, 0.25) is 0 Å². The molecule has 1 aromatic heterocycles. The van der Waals surface area contributed by atoms with Crippen molar-refractivity contribution in [3.63, 3.8) is 0 Å². The summed E-state index contributed by atoms with van der Waals surface area (Å²) in [6, 6.07) is 8.08. The summed E-state index contributed by atoms with van der Waals surface area (Å²) in [6.07, 6.45) is 0. The lowest BCUT2D eigenvalue weighted by Crippen LogP contribution is -2.32. The summed E-state index contributed by atoms with van der Waals surface area (Å²) in [5.41, 5.74) is 7.00. The van der Waals surface area contributed by atoms with Crippen LogP contribution >= 0.6 is 0 Å². The van der Waals surface area contributed by atoms with Crippen LogP contribution in [0.25, 0.3) is 0 Å². The predicted molar refractivity (Wildman–Crippen MR) is 87.6 cm³/mol. The van der Waals surface area contributed by atoms with Crippen LogP contribution in [0.5, 0.6) is 0 Å². The topological polar surface area (TPSA) is 72.9 Å². The summed E-state index contributed by atoms with van der Waals surface area (Å²) in [5.74, 6) is 4.96. The quantitative estimate of drug-likeness (QED) is 0.519. The first-order chi connectivity index (χ1) is 10.2. The molecular weight excluding hydrogens is 276 g/mol. The summed E-state index contributed by atoms with van der Waals surface area (Å²) in [4.78, 5) is 12.0. The molecule has 1 aromatic carbocycles. The van der Waals surface area contributed by atoms with Crippen molar-refractivity contribution < 1.29 is 4.79 Å². The number of hydrogen-bond donors (Lipinski definition) is 2. The van der Waals surface area contributed by atoms with Gasteiger partial charge < -0.3 is 0 Å². The molecular formula is C17H24N4O. The average Bonchev–Trinajstić information content (AvgIpc) is 2.86. The van der Waals surface area contributed by atoms with Gasteiger partial charge >= 0.3 is 0 Å². The zero-order chi connectivity index (χ0) is 16.5. The normalized spacial score (nSPS) is 11.5. The monoisotopic (exact) mass is 300 g/mol.